The summed E-state index contributed by atoms with van der Waals surface area (Å²) in [5.74, 6) is -1.25. The van der Waals surface area contributed by atoms with Crippen LogP contribution in [0.15, 0.2) is 45.6 Å². The Morgan fingerprint density at radius 2 is 1.59 bits per heavy atom. The van der Waals surface area contributed by atoms with Gasteiger partial charge >= 0.3 is 11.8 Å². The molecule has 1 aromatic carbocycles. The summed E-state index contributed by atoms with van der Waals surface area (Å²) in [4.78, 5) is 35.2. The van der Waals surface area contributed by atoms with Crippen LogP contribution in [-0.2, 0) is 15.8 Å². The summed E-state index contributed by atoms with van der Waals surface area (Å²) in [6, 6.07) is 3.64. The summed E-state index contributed by atoms with van der Waals surface area (Å²) in [7, 11) is 0. The number of hydrogen-bond acceptors (Lipinski definition) is 4. The number of alkyl halides is 3. The first-order valence-electron chi connectivity index (χ1n) is 5.98. The standard InChI is InChI=1S/C14H6F3NO4/c15-14(16,17)9-6-13(21)22-10-5-7(1-2-8(9)10)18-11(19)3-4-12(18)20/h1-6H. The monoisotopic (exact) mass is 309 g/mol. The number of fused-ring (bicyclic) bond motifs is 1. The van der Waals surface area contributed by atoms with Crippen molar-refractivity contribution in [2.75, 3.05) is 4.90 Å². The zero-order valence-corrected chi connectivity index (χ0v) is 10.7. The SMILES string of the molecule is O=C1C=CC(=O)N1c1ccc2c(C(F)(F)F)cc(=O)oc2c1. The number of nitrogens with zero attached hydrogens (tertiary/aromatic N) is 1. The molecule has 1 aliphatic rings. The summed E-state index contributed by atoms with van der Waals surface area (Å²) in [5, 5.41) is -0.331. The van der Waals surface area contributed by atoms with Gasteiger partial charge < -0.3 is 4.42 Å². The van der Waals surface area contributed by atoms with Gasteiger partial charge in [-0.15, -0.1) is 0 Å². The normalized spacial score (nSPS) is 15.1. The molecule has 22 heavy (non-hydrogen) atoms. The molecule has 0 radical (unpaired) electrons. The summed E-state index contributed by atoms with van der Waals surface area (Å²) >= 11 is 0. The number of halogens is 3. The van der Waals surface area contributed by atoms with Crippen molar-refractivity contribution in [3.05, 3.63) is 52.4 Å². The summed E-state index contributed by atoms with van der Waals surface area (Å²) in [5.41, 5.74) is -2.64. The molecule has 8 heteroatoms. The second-order valence-electron chi connectivity index (χ2n) is 4.50. The van der Waals surface area contributed by atoms with Gasteiger partial charge in [-0.3, -0.25) is 9.59 Å². The molecule has 2 heterocycles. The number of hydrogen-bond donors (Lipinski definition) is 0. The Bertz CT molecular complexity index is 877. The molecule has 5 nitrogen and oxygen atoms in total. The Morgan fingerprint density at radius 1 is 0.955 bits per heavy atom. The molecular weight excluding hydrogens is 303 g/mol. The average molecular weight is 309 g/mol. The molecule has 0 unspecified atom stereocenters. The fraction of sp³-hybridized carbons (Fsp3) is 0.0714. The first-order chi connectivity index (χ1) is 10.3. The molecule has 0 bridgehead atoms. The van der Waals surface area contributed by atoms with Gasteiger partial charge in [0.2, 0.25) is 0 Å². The topological polar surface area (TPSA) is 67.6 Å². The number of imide groups is 1. The number of carbonyl (C=O) groups excluding carboxylic acids is 2. The highest BCUT2D eigenvalue weighted by molar-refractivity contribution is 6.28. The van der Waals surface area contributed by atoms with E-state index in [2.05, 4.69) is 0 Å². The smallest absolute Gasteiger partial charge is 0.417 e. The zero-order valence-electron chi connectivity index (χ0n) is 10.7. The van der Waals surface area contributed by atoms with Gasteiger partial charge in [-0.25, -0.2) is 9.69 Å². The number of anilines is 1. The molecule has 0 aliphatic carbocycles. The predicted molar refractivity (Wildman–Crippen MR) is 69.1 cm³/mol. The Kier molecular flexibility index (Phi) is 2.91. The van der Waals surface area contributed by atoms with Crippen molar-refractivity contribution in [2.45, 2.75) is 6.18 Å². The fourth-order valence-electron chi connectivity index (χ4n) is 2.18. The van der Waals surface area contributed by atoms with E-state index in [0.717, 1.165) is 29.2 Å². The van der Waals surface area contributed by atoms with Crippen molar-refractivity contribution in [1.29, 1.82) is 0 Å². The van der Waals surface area contributed by atoms with E-state index in [1.165, 1.54) is 6.07 Å². The van der Waals surface area contributed by atoms with Crippen LogP contribution < -0.4 is 10.5 Å². The largest absolute Gasteiger partial charge is 0.423 e. The number of rotatable bonds is 1. The lowest BCUT2D eigenvalue weighted by Gasteiger charge is -2.15. The Hall–Kier alpha value is -2.90. The molecule has 0 atom stereocenters. The Labute approximate surface area is 120 Å². The Balaban J connectivity index is 2.22. The first-order valence-corrected chi connectivity index (χ1v) is 5.98. The van der Waals surface area contributed by atoms with Crippen LogP contribution in [0.1, 0.15) is 5.56 Å². The van der Waals surface area contributed by atoms with E-state index in [4.69, 9.17) is 4.42 Å². The van der Waals surface area contributed by atoms with E-state index >= 15 is 0 Å². The van der Waals surface area contributed by atoms with Crippen molar-refractivity contribution in [1.82, 2.24) is 0 Å². The van der Waals surface area contributed by atoms with Gasteiger partial charge in [0, 0.05) is 29.7 Å². The molecule has 1 aromatic heterocycles. The highest BCUT2D eigenvalue weighted by atomic mass is 19.4. The van der Waals surface area contributed by atoms with Crippen LogP contribution in [0.3, 0.4) is 0 Å². The minimum absolute atomic E-state index is 0.0231. The maximum Gasteiger partial charge on any atom is 0.417 e. The molecule has 0 fully saturated rings. The van der Waals surface area contributed by atoms with Gasteiger partial charge in [0.15, 0.2) is 0 Å². The lowest BCUT2D eigenvalue weighted by atomic mass is 10.1. The molecule has 0 spiro atoms. The molecule has 2 amide bonds. The summed E-state index contributed by atoms with van der Waals surface area (Å²) in [6.07, 6.45) is -2.65. The minimum Gasteiger partial charge on any atom is -0.423 e. The first kappa shape index (κ1) is 14.1. The highest BCUT2D eigenvalue weighted by Gasteiger charge is 2.34. The van der Waals surface area contributed by atoms with Crippen molar-refractivity contribution < 1.29 is 27.2 Å². The third-order valence-corrected chi connectivity index (χ3v) is 3.10. The van der Waals surface area contributed by atoms with Crippen LogP contribution in [0.2, 0.25) is 0 Å². The van der Waals surface area contributed by atoms with Gasteiger partial charge in [-0.05, 0) is 12.1 Å². The molecule has 2 aromatic rings. The maximum absolute atomic E-state index is 12.9. The van der Waals surface area contributed by atoms with E-state index in [9.17, 15) is 27.6 Å². The summed E-state index contributed by atoms with van der Waals surface area (Å²) in [6.45, 7) is 0. The molecule has 1 aliphatic heterocycles. The van der Waals surface area contributed by atoms with Gasteiger partial charge in [0.25, 0.3) is 11.8 Å². The fourth-order valence-corrected chi connectivity index (χ4v) is 2.18. The van der Waals surface area contributed by atoms with Crippen LogP contribution >= 0.6 is 0 Å². The predicted octanol–water partition coefficient (Wildman–Crippen LogP) is 2.24. The van der Waals surface area contributed by atoms with Crippen molar-refractivity contribution in [3.8, 4) is 0 Å². The van der Waals surface area contributed by atoms with E-state index < -0.39 is 29.2 Å². The van der Waals surface area contributed by atoms with E-state index in [1.54, 1.807) is 0 Å². The molecule has 3 rings (SSSR count). The lowest BCUT2D eigenvalue weighted by molar-refractivity contribution is -0.136. The van der Waals surface area contributed by atoms with Crippen LogP contribution in [-0.4, -0.2) is 11.8 Å². The van der Waals surface area contributed by atoms with Crippen LogP contribution in [0.25, 0.3) is 11.0 Å². The molecule has 112 valence electrons. The molecule has 0 saturated carbocycles. The quantitative estimate of drug-likeness (QED) is 0.598. The average Bonchev–Trinajstić information content (AvgIpc) is 2.75. The van der Waals surface area contributed by atoms with Crippen LogP contribution in [0.5, 0.6) is 0 Å². The number of benzene rings is 1. The number of carbonyl (C=O) groups is 2. The third-order valence-electron chi connectivity index (χ3n) is 3.10. The van der Waals surface area contributed by atoms with Crippen molar-refractivity contribution >= 4 is 28.5 Å². The Morgan fingerprint density at radius 3 is 2.18 bits per heavy atom. The second kappa shape index (κ2) is 4.55. The van der Waals surface area contributed by atoms with Crippen LogP contribution in [0.4, 0.5) is 18.9 Å². The minimum atomic E-state index is -4.73. The van der Waals surface area contributed by atoms with Gasteiger partial charge in [0.1, 0.15) is 5.58 Å². The molecule has 0 saturated heterocycles. The van der Waals surface area contributed by atoms with Crippen LogP contribution in [0, 0.1) is 0 Å². The maximum atomic E-state index is 12.9. The van der Waals surface area contributed by atoms with Crippen molar-refractivity contribution in [2.24, 2.45) is 0 Å². The molecular formula is C14H6F3NO4. The van der Waals surface area contributed by atoms with Gasteiger partial charge in [-0.2, -0.15) is 13.2 Å². The molecule has 0 N–H and O–H groups in total. The van der Waals surface area contributed by atoms with E-state index in [1.807, 2.05) is 0 Å². The zero-order chi connectivity index (χ0) is 16.1. The third kappa shape index (κ3) is 2.18. The van der Waals surface area contributed by atoms with Gasteiger partial charge in [-0.1, -0.05) is 0 Å². The van der Waals surface area contributed by atoms with Crippen molar-refractivity contribution in [3.63, 3.8) is 0 Å². The highest BCUT2D eigenvalue weighted by Crippen LogP contribution is 2.35. The summed E-state index contributed by atoms with van der Waals surface area (Å²) < 4.78 is 43.5. The number of amides is 2. The second-order valence-corrected chi connectivity index (χ2v) is 4.50. The van der Waals surface area contributed by atoms with E-state index in [-0.39, 0.29) is 16.7 Å². The lowest BCUT2D eigenvalue weighted by Crippen LogP contribution is -2.29. The van der Waals surface area contributed by atoms with E-state index in [0.29, 0.717) is 6.07 Å². The van der Waals surface area contributed by atoms with Gasteiger partial charge in [0.05, 0.1) is 11.3 Å².